The fourth-order valence-electron chi connectivity index (χ4n) is 1.32. The van der Waals surface area contributed by atoms with Crippen molar-refractivity contribution in [2.24, 2.45) is 11.1 Å². The molecule has 0 heterocycles. The molecule has 0 rings (SSSR count). The summed E-state index contributed by atoms with van der Waals surface area (Å²) < 4.78 is 0. The molecular formula is C8H18N2. The van der Waals surface area contributed by atoms with Crippen LogP contribution < -0.4 is 5.73 Å². The Morgan fingerprint density at radius 1 is 1.20 bits per heavy atom. The Balaban J connectivity index is 4.31. The summed E-state index contributed by atoms with van der Waals surface area (Å²) in [6, 6.07) is 0. The van der Waals surface area contributed by atoms with E-state index < -0.39 is 0 Å². The van der Waals surface area contributed by atoms with E-state index in [0.29, 0.717) is 5.84 Å². The van der Waals surface area contributed by atoms with E-state index in [1.165, 1.54) is 0 Å². The van der Waals surface area contributed by atoms with Crippen molar-refractivity contribution in [3.8, 4) is 0 Å². The van der Waals surface area contributed by atoms with Crippen LogP contribution in [0.3, 0.4) is 0 Å². The maximum absolute atomic E-state index is 7.38. The van der Waals surface area contributed by atoms with Crippen LogP contribution in [0.15, 0.2) is 0 Å². The van der Waals surface area contributed by atoms with E-state index in [4.69, 9.17) is 11.1 Å². The molecule has 0 fully saturated rings. The predicted molar refractivity (Wildman–Crippen MR) is 45.2 cm³/mol. The van der Waals surface area contributed by atoms with Crippen molar-refractivity contribution in [1.29, 1.82) is 5.41 Å². The van der Waals surface area contributed by atoms with Crippen molar-refractivity contribution < 1.29 is 0 Å². The largest absolute Gasteiger partial charge is 0.387 e. The molecule has 0 amide bonds. The third-order valence-electron chi connectivity index (χ3n) is 2.60. The lowest BCUT2D eigenvalue weighted by Crippen LogP contribution is -2.34. The van der Waals surface area contributed by atoms with Crippen molar-refractivity contribution in [2.75, 3.05) is 0 Å². The van der Waals surface area contributed by atoms with Gasteiger partial charge < -0.3 is 5.73 Å². The van der Waals surface area contributed by atoms with Gasteiger partial charge in [-0.15, -0.1) is 0 Å². The van der Waals surface area contributed by atoms with Gasteiger partial charge in [0, 0.05) is 5.41 Å². The smallest absolute Gasteiger partial charge is 0.0968 e. The van der Waals surface area contributed by atoms with E-state index >= 15 is 0 Å². The molecular weight excluding hydrogens is 124 g/mol. The molecule has 0 atom stereocenters. The summed E-state index contributed by atoms with van der Waals surface area (Å²) in [5.74, 6) is 0.347. The van der Waals surface area contributed by atoms with Crippen molar-refractivity contribution in [2.45, 2.75) is 40.0 Å². The Morgan fingerprint density at radius 3 is 1.50 bits per heavy atom. The van der Waals surface area contributed by atoms with Crippen LogP contribution in [0.1, 0.15) is 40.0 Å². The minimum atomic E-state index is -0.0139. The molecule has 0 aliphatic carbocycles. The first-order valence-corrected chi connectivity index (χ1v) is 3.97. The highest BCUT2D eigenvalue weighted by atomic mass is 14.7. The van der Waals surface area contributed by atoms with Gasteiger partial charge in [-0.2, -0.15) is 0 Å². The highest BCUT2D eigenvalue weighted by Crippen LogP contribution is 2.29. The fraction of sp³-hybridized carbons (Fsp3) is 0.875. The number of nitrogens with two attached hydrogens (primary N) is 1. The first-order valence-electron chi connectivity index (χ1n) is 3.97. The molecule has 60 valence electrons. The average Bonchev–Trinajstić information content (AvgIpc) is 1.92. The molecule has 3 N–H and O–H groups in total. The van der Waals surface area contributed by atoms with E-state index in [2.05, 4.69) is 20.8 Å². The van der Waals surface area contributed by atoms with Crippen molar-refractivity contribution in [3.05, 3.63) is 0 Å². The molecule has 0 aromatic carbocycles. The second kappa shape index (κ2) is 3.59. The lowest BCUT2D eigenvalue weighted by Gasteiger charge is -2.28. The van der Waals surface area contributed by atoms with Crippen molar-refractivity contribution in [1.82, 2.24) is 0 Å². The minimum absolute atomic E-state index is 0.0139. The SMILES string of the molecule is CCC(CC)(CC)C(=N)N. The van der Waals surface area contributed by atoms with Crippen LogP contribution in [-0.2, 0) is 0 Å². The molecule has 10 heavy (non-hydrogen) atoms. The van der Waals surface area contributed by atoms with Gasteiger partial charge >= 0.3 is 0 Å². The summed E-state index contributed by atoms with van der Waals surface area (Å²) in [4.78, 5) is 0. The summed E-state index contributed by atoms with van der Waals surface area (Å²) in [6.07, 6.45) is 2.94. The first-order chi connectivity index (χ1) is 4.63. The maximum Gasteiger partial charge on any atom is 0.0968 e. The van der Waals surface area contributed by atoms with Crippen molar-refractivity contribution >= 4 is 5.84 Å². The zero-order chi connectivity index (χ0) is 8.20. The molecule has 0 aliphatic heterocycles. The second-order valence-corrected chi connectivity index (χ2v) is 2.75. The van der Waals surface area contributed by atoms with Gasteiger partial charge in [0.15, 0.2) is 0 Å². The van der Waals surface area contributed by atoms with Gasteiger partial charge in [-0.1, -0.05) is 20.8 Å². The van der Waals surface area contributed by atoms with Gasteiger partial charge in [0.2, 0.25) is 0 Å². The zero-order valence-electron chi connectivity index (χ0n) is 7.20. The Bertz CT molecular complexity index is 106. The third-order valence-corrected chi connectivity index (χ3v) is 2.60. The van der Waals surface area contributed by atoms with Gasteiger partial charge in [0.25, 0.3) is 0 Å². The zero-order valence-corrected chi connectivity index (χ0v) is 7.20. The molecule has 2 nitrogen and oxygen atoms in total. The average molecular weight is 142 g/mol. The molecule has 0 aromatic rings. The highest BCUT2D eigenvalue weighted by Gasteiger charge is 2.26. The van der Waals surface area contributed by atoms with Crippen LogP contribution in [0, 0.1) is 10.8 Å². The number of nitrogens with one attached hydrogen (secondary N) is 1. The number of hydrogen-bond acceptors (Lipinski definition) is 1. The second-order valence-electron chi connectivity index (χ2n) is 2.75. The Morgan fingerprint density at radius 2 is 1.50 bits per heavy atom. The van der Waals surface area contributed by atoms with E-state index in [9.17, 15) is 0 Å². The number of amidine groups is 1. The molecule has 0 aromatic heterocycles. The number of rotatable bonds is 4. The van der Waals surface area contributed by atoms with Crippen LogP contribution in [0.4, 0.5) is 0 Å². The summed E-state index contributed by atoms with van der Waals surface area (Å²) in [5, 5.41) is 7.38. The van der Waals surface area contributed by atoms with Crippen LogP contribution >= 0.6 is 0 Å². The fourth-order valence-corrected chi connectivity index (χ4v) is 1.32. The Kier molecular flexibility index (Phi) is 3.40. The lowest BCUT2D eigenvalue weighted by atomic mass is 9.79. The van der Waals surface area contributed by atoms with Crippen LogP contribution in [0.25, 0.3) is 0 Å². The molecule has 0 unspecified atom stereocenters. The van der Waals surface area contributed by atoms with Gasteiger partial charge in [0.1, 0.15) is 0 Å². The minimum Gasteiger partial charge on any atom is -0.387 e. The standard InChI is InChI=1S/C8H18N2/c1-4-8(5-2,6-3)7(9)10/h4-6H2,1-3H3,(H3,9,10). The summed E-state index contributed by atoms with van der Waals surface area (Å²) >= 11 is 0. The molecule has 0 radical (unpaired) electrons. The highest BCUT2D eigenvalue weighted by molar-refractivity contribution is 5.83. The quantitative estimate of drug-likeness (QED) is 0.458. The van der Waals surface area contributed by atoms with Crippen LogP contribution in [0.5, 0.6) is 0 Å². The van der Waals surface area contributed by atoms with Gasteiger partial charge in [-0.05, 0) is 19.3 Å². The van der Waals surface area contributed by atoms with Gasteiger partial charge in [0.05, 0.1) is 5.84 Å². The normalized spacial score (nSPS) is 11.5. The molecule has 2 heteroatoms. The van der Waals surface area contributed by atoms with E-state index in [-0.39, 0.29) is 5.41 Å². The lowest BCUT2D eigenvalue weighted by molar-refractivity contribution is 0.369. The summed E-state index contributed by atoms with van der Waals surface area (Å²) in [6.45, 7) is 6.28. The first kappa shape index (κ1) is 9.47. The van der Waals surface area contributed by atoms with Crippen molar-refractivity contribution in [3.63, 3.8) is 0 Å². The predicted octanol–water partition coefficient (Wildman–Crippen LogP) is 2.14. The number of hydrogen-bond donors (Lipinski definition) is 2. The topological polar surface area (TPSA) is 49.9 Å². The molecule has 0 spiro atoms. The van der Waals surface area contributed by atoms with Crippen LogP contribution in [-0.4, -0.2) is 5.84 Å². The summed E-state index contributed by atoms with van der Waals surface area (Å²) in [5.41, 5.74) is 5.47. The molecule has 0 saturated carbocycles. The Labute approximate surface area is 63.3 Å². The monoisotopic (exact) mass is 142 g/mol. The molecule has 0 aliphatic rings. The van der Waals surface area contributed by atoms with E-state index in [1.807, 2.05) is 0 Å². The molecule has 0 saturated heterocycles. The van der Waals surface area contributed by atoms with E-state index in [1.54, 1.807) is 0 Å². The maximum atomic E-state index is 7.38. The molecule has 0 bridgehead atoms. The van der Waals surface area contributed by atoms with Gasteiger partial charge in [-0.3, -0.25) is 5.41 Å². The summed E-state index contributed by atoms with van der Waals surface area (Å²) in [7, 11) is 0. The Hall–Kier alpha value is -0.530. The van der Waals surface area contributed by atoms with E-state index in [0.717, 1.165) is 19.3 Å². The van der Waals surface area contributed by atoms with Crippen LogP contribution in [0.2, 0.25) is 0 Å². The third kappa shape index (κ3) is 1.49. The van der Waals surface area contributed by atoms with Gasteiger partial charge in [-0.25, -0.2) is 0 Å².